The summed E-state index contributed by atoms with van der Waals surface area (Å²) in [5, 5.41) is 2.61. The van der Waals surface area contributed by atoms with E-state index in [1.54, 1.807) is 0 Å². The number of hydrogen-bond donors (Lipinski definition) is 1. The summed E-state index contributed by atoms with van der Waals surface area (Å²) >= 11 is 0. The highest BCUT2D eigenvalue weighted by Crippen LogP contribution is 2.28. The highest BCUT2D eigenvalue weighted by atomic mass is 19.4. The van der Waals surface area contributed by atoms with Gasteiger partial charge in [0.25, 0.3) is 0 Å². The van der Waals surface area contributed by atoms with Gasteiger partial charge in [0.2, 0.25) is 0 Å². The molecule has 7 nitrogen and oxygen atoms in total. The van der Waals surface area contributed by atoms with Gasteiger partial charge in [-0.1, -0.05) is 12.6 Å². The van der Waals surface area contributed by atoms with Crippen molar-refractivity contribution in [3.8, 4) is 17.5 Å². The number of benzene rings is 1. The van der Waals surface area contributed by atoms with E-state index in [0.717, 1.165) is 12.1 Å². The number of urea groups is 1. The van der Waals surface area contributed by atoms with E-state index in [1.807, 2.05) is 0 Å². The Labute approximate surface area is 146 Å². The van der Waals surface area contributed by atoms with Crippen LogP contribution in [0.2, 0.25) is 0 Å². The van der Waals surface area contributed by atoms with Gasteiger partial charge in [0.05, 0.1) is 18.1 Å². The Morgan fingerprint density at radius 1 is 1.19 bits per heavy atom. The fraction of sp³-hybridized carbons (Fsp3) is 0.188. The molecule has 1 saturated heterocycles. The first-order valence-corrected chi connectivity index (χ1v) is 7.42. The fourth-order valence-corrected chi connectivity index (χ4v) is 2.22. The predicted molar refractivity (Wildman–Crippen MR) is 84.9 cm³/mol. The van der Waals surface area contributed by atoms with E-state index in [9.17, 15) is 18.0 Å². The van der Waals surface area contributed by atoms with Gasteiger partial charge in [-0.3, -0.25) is 4.90 Å². The Kier molecular flexibility index (Phi) is 4.65. The van der Waals surface area contributed by atoms with Crippen molar-refractivity contribution in [1.29, 1.82) is 0 Å². The maximum atomic E-state index is 12.2. The summed E-state index contributed by atoms with van der Waals surface area (Å²) in [6, 6.07) is 4.57. The monoisotopic (exact) mass is 366 g/mol. The van der Waals surface area contributed by atoms with Crippen LogP contribution in [-0.2, 0) is 0 Å². The summed E-state index contributed by atoms with van der Waals surface area (Å²) in [5.74, 6) is -0.344. The molecule has 0 aliphatic carbocycles. The first kappa shape index (κ1) is 17.5. The number of anilines is 1. The lowest BCUT2D eigenvalue weighted by Gasteiger charge is -2.28. The second-order valence-corrected chi connectivity index (χ2v) is 5.28. The molecule has 0 saturated carbocycles. The van der Waals surface area contributed by atoms with Gasteiger partial charge in [-0.15, -0.1) is 13.2 Å². The molecule has 3 rings (SSSR count). The molecule has 2 heterocycles. The van der Waals surface area contributed by atoms with Gasteiger partial charge < -0.3 is 14.8 Å². The van der Waals surface area contributed by atoms with Gasteiger partial charge in [0.1, 0.15) is 11.5 Å². The van der Waals surface area contributed by atoms with Crippen LogP contribution in [0.4, 0.5) is 23.7 Å². The molecule has 0 unspecified atom stereocenters. The maximum Gasteiger partial charge on any atom is 0.573 e. The van der Waals surface area contributed by atoms with E-state index in [1.165, 1.54) is 29.4 Å². The number of halogens is 3. The van der Waals surface area contributed by atoms with Crippen molar-refractivity contribution in [2.45, 2.75) is 12.8 Å². The zero-order valence-corrected chi connectivity index (χ0v) is 13.3. The van der Waals surface area contributed by atoms with E-state index in [-0.39, 0.29) is 17.8 Å². The van der Waals surface area contributed by atoms with E-state index < -0.39 is 12.1 Å². The molecule has 2 amide bonds. The van der Waals surface area contributed by atoms with Crippen LogP contribution in [0, 0.1) is 0 Å². The van der Waals surface area contributed by atoms with Gasteiger partial charge >= 0.3 is 18.4 Å². The molecule has 10 heteroatoms. The van der Waals surface area contributed by atoms with Gasteiger partial charge in [-0.2, -0.15) is 0 Å². The third-order valence-electron chi connectivity index (χ3n) is 3.34. The topological polar surface area (TPSA) is 76.6 Å². The van der Waals surface area contributed by atoms with Crippen molar-refractivity contribution in [2.24, 2.45) is 0 Å². The van der Waals surface area contributed by atoms with Gasteiger partial charge in [0, 0.05) is 24.7 Å². The second-order valence-electron chi connectivity index (χ2n) is 5.28. The summed E-state index contributed by atoms with van der Waals surface area (Å²) in [5.41, 5.74) is 1.09. The SMILES string of the molecule is C=C1CCN(c2cnc(Oc3cccc(OC(F)(F)F)c3)nc2)C(=O)N1. The summed E-state index contributed by atoms with van der Waals surface area (Å²) in [6.07, 6.45) is -1.44. The molecule has 2 aromatic rings. The molecular weight excluding hydrogens is 353 g/mol. The molecule has 1 aromatic heterocycles. The third kappa shape index (κ3) is 4.41. The van der Waals surface area contributed by atoms with Gasteiger partial charge in [-0.25, -0.2) is 14.8 Å². The lowest BCUT2D eigenvalue weighted by molar-refractivity contribution is -0.274. The quantitative estimate of drug-likeness (QED) is 0.895. The van der Waals surface area contributed by atoms with Crippen LogP contribution in [0.25, 0.3) is 0 Å². The van der Waals surface area contributed by atoms with Crippen LogP contribution in [0.3, 0.4) is 0 Å². The molecule has 0 spiro atoms. The standard InChI is InChI=1S/C16H13F3N4O3/c1-10-5-6-23(15(24)22-10)11-8-20-14(21-9-11)25-12-3-2-4-13(7-12)26-16(17,18)19/h2-4,7-9H,1,5-6H2,(H,22,24). The number of amides is 2. The number of aromatic nitrogens is 2. The smallest absolute Gasteiger partial charge is 0.424 e. The largest absolute Gasteiger partial charge is 0.573 e. The second kappa shape index (κ2) is 6.90. The summed E-state index contributed by atoms with van der Waals surface area (Å²) < 4.78 is 45.9. The Bertz CT molecular complexity index is 824. The number of hydrogen-bond acceptors (Lipinski definition) is 5. The van der Waals surface area contributed by atoms with E-state index >= 15 is 0 Å². The van der Waals surface area contributed by atoms with Crippen LogP contribution in [0.15, 0.2) is 48.9 Å². The van der Waals surface area contributed by atoms with Crippen molar-refractivity contribution < 1.29 is 27.4 Å². The van der Waals surface area contributed by atoms with E-state index in [2.05, 4.69) is 26.6 Å². The maximum absolute atomic E-state index is 12.2. The number of nitrogens with one attached hydrogen (secondary N) is 1. The number of carbonyl (C=O) groups excluding carboxylic acids is 1. The molecule has 1 fully saturated rings. The van der Waals surface area contributed by atoms with Crippen molar-refractivity contribution >= 4 is 11.7 Å². The minimum Gasteiger partial charge on any atom is -0.424 e. The summed E-state index contributed by atoms with van der Waals surface area (Å²) in [6.45, 7) is 4.13. The zero-order valence-electron chi connectivity index (χ0n) is 13.3. The highest BCUT2D eigenvalue weighted by molar-refractivity contribution is 5.93. The molecule has 1 aromatic carbocycles. The van der Waals surface area contributed by atoms with Gasteiger partial charge in [-0.05, 0) is 12.1 Å². The average Bonchev–Trinajstić information content (AvgIpc) is 2.55. The Morgan fingerprint density at radius 3 is 2.54 bits per heavy atom. The molecule has 1 aliphatic heterocycles. The Hall–Kier alpha value is -3.30. The minimum atomic E-state index is -4.79. The first-order valence-electron chi connectivity index (χ1n) is 7.42. The highest BCUT2D eigenvalue weighted by Gasteiger charge is 2.31. The van der Waals surface area contributed by atoms with Gasteiger partial charge in [0.15, 0.2) is 0 Å². The molecular formula is C16H13F3N4O3. The Balaban J connectivity index is 1.69. The van der Waals surface area contributed by atoms with Crippen LogP contribution in [-0.4, -0.2) is 28.9 Å². The van der Waals surface area contributed by atoms with E-state index in [0.29, 0.717) is 24.4 Å². The van der Waals surface area contributed by atoms with Crippen molar-refractivity contribution in [1.82, 2.24) is 15.3 Å². The molecule has 136 valence electrons. The van der Waals surface area contributed by atoms with Crippen molar-refractivity contribution in [3.63, 3.8) is 0 Å². The number of rotatable bonds is 4. The molecule has 0 radical (unpaired) electrons. The normalized spacial score (nSPS) is 14.8. The molecule has 0 bridgehead atoms. The van der Waals surface area contributed by atoms with Crippen LogP contribution < -0.4 is 19.7 Å². The Morgan fingerprint density at radius 2 is 1.88 bits per heavy atom. The van der Waals surface area contributed by atoms with Crippen LogP contribution in [0.5, 0.6) is 17.5 Å². The number of alkyl halides is 3. The first-order chi connectivity index (χ1) is 12.3. The molecule has 26 heavy (non-hydrogen) atoms. The predicted octanol–water partition coefficient (Wildman–Crippen LogP) is 3.60. The number of nitrogens with zero attached hydrogens (tertiary/aromatic N) is 3. The summed E-state index contributed by atoms with van der Waals surface area (Å²) in [7, 11) is 0. The average molecular weight is 366 g/mol. The lowest BCUT2D eigenvalue weighted by atomic mass is 10.2. The molecule has 1 aliphatic rings. The molecule has 0 atom stereocenters. The van der Waals surface area contributed by atoms with Crippen LogP contribution >= 0.6 is 0 Å². The summed E-state index contributed by atoms with van der Waals surface area (Å²) in [4.78, 5) is 21.3. The van der Waals surface area contributed by atoms with Crippen molar-refractivity contribution in [3.05, 3.63) is 48.9 Å². The van der Waals surface area contributed by atoms with E-state index in [4.69, 9.17) is 4.74 Å². The van der Waals surface area contributed by atoms with Crippen molar-refractivity contribution in [2.75, 3.05) is 11.4 Å². The minimum absolute atomic E-state index is 0.0755. The zero-order chi connectivity index (χ0) is 18.7. The fourth-order valence-electron chi connectivity index (χ4n) is 2.22. The number of carbonyl (C=O) groups is 1. The number of ether oxygens (including phenoxy) is 2. The lowest BCUT2D eigenvalue weighted by Crippen LogP contribution is -2.45. The van der Waals surface area contributed by atoms with Crippen LogP contribution in [0.1, 0.15) is 6.42 Å². The third-order valence-corrected chi connectivity index (χ3v) is 3.34. The molecule has 1 N–H and O–H groups in total.